The van der Waals surface area contributed by atoms with E-state index >= 15 is 0 Å². The highest BCUT2D eigenvalue weighted by Crippen LogP contribution is 2.15. The van der Waals surface area contributed by atoms with Gasteiger partial charge in [0.15, 0.2) is 6.54 Å². The molecule has 0 saturated carbocycles. The number of aryl methyl sites for hydroxylation is 1. The quantitative estimate of drug-likeness (QED) is 0.484. The van der Waals surface area contributed by atoms with Crippen LogP contribution in [-0.2, 0) is 6.54 Å². The van der Waals surface area contributed by atoms with Gasteiger partial charge in [0, 0.05) is 6.20 Å². The number of anilines is 1. The highest BCUT2D eigenvalue weighted by atomic mass is 16.6. The monoisotopic (exact) mass is 262 g/mol. The summed E-state index contributed by atoms with van der Waals surface area (Å²) < 4.78 is 1.46. The standard InChI is InChI=1S/C11H11N5O3/c1-2-15-7-8(16(18)19)10(14-15)11(17)13-9-5-3-4-6-12-9/h3-7H,2H2,1H3,(H,12,13,17)/p+1. The Hall–Kier alpha value is -2.77. The summed E-state index contributed by atoms with van der Waals surface area (Å²) in [5.74, 6) is -0.267. The van der Waals surface area contributed by atoms with Gasteiger partial charge in [0.25, 0.3) is 12.1 Å². The van der Waals surface area contributed by atoms with Gasteiger partial charge in [-0.05, 0) is 19.1 Å². The minimum atomic E-state index is -0.601. The van der Waals surface area contributed by atoms with Crippen molar-refractivity contribution in [3.63, 3.8) is 0 Å². The first-order valence-corrected chi connectivity index (χ1v) is 5.61. The third kappa shape index (κ3) is 2.73. The second kappa shape index (κ2) is 5.25. The molecule has 0 spiro atoms. The smallest absolute Gasteiger partial charge is 0.305 e. The van der Waals surface area contributed by atoms with Gasteiger partial charge < -0.3 is 5.32 Å². The Morgan fingerprint density at radius 1 is 1.58 bits per heavy atom. The highest BCUT2D eigenvalue weighted by Gasteiger charge is 2.29. The van der Waals surface area contributed by atoms with E-state index in [1.54, 1.807) is 25.1 Å². The zero-order chi connectivity index (χ0) is 13.8. The summed E-state index contributed by atoms with van der Waals surface area (Å²) in [7, 11) is 0. The summed E-state index contributed by atoms with van der Waals surface area (Å²) in [6, 6.07) is 5.01. The van der Waals surface area contributed by atoms with Crippen molar-refractivity contribution in [1.82, 2.24) is 10.1 Å². The molecule has 19 heavy (non-hydrogen) atoms. The number of hydrogen-bond acceptors (Lipinski definition) is 4. The lowest BCUT2D eigenvalue weighted by Gasteiger charge is -2.00. The maximum atomic E-state index is 12.0. The molecule has 98 valence electrons. The molecule has 2 heterocycles. The van der Waals surface area contributed by atoms with Gasteiger partial charge in [-0.15, -0.1) is 4.68 Å². The highest BCUT2D eigenvalue weighted by molar-refractivity contribution is 6.04. The largest absolute Gasteiger partial charge is 0.368 e. The van der Waals surface area contributed by atoms with Gasteiger partial charge in [-0.1, -0.05) is 6.07 Å². The number of aromatic nitrogens is 3. The maximum Gasteiger partial charge on any atom is 0.368 e. The van der Waals surface area contributed by atoms with E-state index in [1.165, 1.54) is 17.1 Å². The lowest BCUT2D eigenvalue weighted by atomic mass is 10.3. The first kappa shape index (κ1) is 12.7. The van der Waals surface area contributed by atoms with Crippen molar-refractivity contribution < 1.29 is 14.4 Å². The average molecular weight is 262 g/mol. The van der Waals surface area contributed by atoms with E-state index in [-0.39, 0.29) is 11.4 Å². The van der Waals surface area contributed by atoms with Crippen molar-refractivity contribution in [3.05, 3.63) is 46.4 Å². The van der Waals surface area contributed by atoms with Crippen LogP contribution in [0, 0.1) is 10.1 Å². The Morgan fingerprint density at radius 2 is 2.37 bits per heavy atom. The molecule has 0 bridgehead atoms. The molecule has 0 saturated heterocycles. The Morgan fingerprint density at radius 3 is 2.95 bits per heavy atom. The fourth-order valence-corrected chi connectivity index (χ4v) is 1.54. The summed E-state index contributed by atoms with van der Waals surface area (Å²) in [6.07, 6.45) is 2.80. The van der Waals surface area contributed by atoms with Crippen LogP contribution in [-0.4, -0.2) is 20.9 Å². The Balaban J connectivity index is 2.28. The van der Waals surface area contributed by atoms with Crippen molar-refractivity contribution in [2.75, 3.05) is 5.32 Å². The van der Waals surface area contributed by atoms with Gasteiger partial charge >= 0.3 is 5.69 Å². The van der Waals surface area contributed by atoms with E-state index < -0.39 is 10.8 Å². The lowest BCUT2D eigenvalue weighted by molar-refractivity contribution is -0.747. The maximum absolute atomic E-state index is 12.0. The van der Waals surface area contributed by atoms with Gasteiger partial charge in [0.2, 0.25) is 5.69 Å². The number of carbonyl (C=O) groups excluding carboxylic acids is 1. The van der Waals surface area contributed by atoms with E-state index in [1.807, 2.05) is 0 Å². The number of hydrogen-bond donors (Lipinski definition) is 2. The second-order valence-electron chi connectivity index (χ2n) is 3.71. The van der Waals surface area contributed by atoms with E-state index in [2.05, 4.69) is 15.4 Å². The van der Waals surface area contributed by atoms with Crippen LogP contribution < -0.4 is 10.00 Å². The molecule has 1 amide bonds. The average Bonchev–Trinajstić information content (AvgIpc) is 2.84. The van der Waals surface area contributed by atoms with Gasteiger partial charge in [-0.2, -0.15) is 5.10 Å². The molecule has 0 aliphatic heterocycles. The van der Waals surface area contributed by atoms with Crippen LogP contribution in [0.5, 0.6) is 0 Å². The molecule has 8 heteroatoms. The summed E-state index contributed by atoms with van der Waals surface area (Å²) in [5, 5.41) is 16.0. The van der Waals surface area contributed by atoms with E-state index in [9.17, 15) is 14.9 Å². The first-order valence-electron chi connectivity index (χ1n) is 5.61. The number of pyridine rings is 1. The number of nitrogens with one attached hydrogen (secondary N) is 2. The van der Waals surface area contributed by atoms with Crippen LogP contribution in [0.1, 0.15) is 17.4 Å². The SMILES string of the molecule is CC[n+]1cc([N+](=O)[O-])c(C(=O)Nc2ccccn2)[nH]1. The van der Waals surface area contributed by atoms with Crippen LogP contribution in [0.15, 0.2) is 30.6 Å². The van der Waals surface area contributed by atoms with Crippen LogP contribution in [0.3, 0.4) is 0 Å². The van der Waals surface area contributed by atoms with Crippen molar-refractivity contribution in [3.8, 4) is 0 Å². The number of H-pyrrole nitrogens is 1. The van der Waals surface area contributed by atoms with Crippen LogP contribution in [0.4, 0.5) is 11.5 Å². The normalized spacial score (nSPS) is 10.2. The molecule has 0 aliphatic carbocycles. The van der Waals surface area contributed by atoms with Gasteiger partial charge in [0.05, 0.1) is 4.92 Å². The third-order valence-corrected chi connectivity index (χ3v) is 2.46. The Bertz CT molecular complexity index is 608. The van der Waals surface area contributed by atoms with Gasteiger partial charge in [-0.25, -0.2) is 4.98 Å². The fraction of sp³-hybridized carbons (Fsp3) is 0.182. The number of carbonyl (C=O) groups is 1. The molecule has 0 unspecified atom stereocenters. The molecule has 2 aromatic heterocycles. The number of nitro groups is 1. The number of nitrogens with zero attached hydrogens (tertiary/aromatic N) is 3. The number of amides is 1. The summed E-state index contributed by atoms with van der Waals surface area (Å²) in [5.41, 5.74) is -0.368. The predicted octanol–water partition coefficient (Wildman–Crippen LogP) is 0.878. The molecule has 2 aromatic rings. The zero-order valence-electron chi connectivity index (χ0n) is 10.2. The van der Waals surface area contributed by atoms with Crippen molar-refractivity contribution in [2.45, 2.75) is 13.5 Å². The molecule has 8 nitrogen and oxygen atoms in total. The van der Waals surface area contributed by atoms with Crippen LogP contribution in [0.25, 0.3) is 0 Å². The van der Waals surface area contributed by atoms with Crippen LogP contribution in [0.2, 0.25) is 0 Å². The fourth-order valence-electron chi connectivity index (χ4n) is 1.54. The molecule has 0 atom stereocenters. The van der Waals surface area contributed by atoms with Gasteiger partial charge in [0.1, 0.15) is 5.82 Å². The molecule has 0 aliphatic rings. The first-order chi connectivity index (χ1) is 9.11. The topological polar surface area (TPSA) is 105 Å². The van der Waals surface area contributed by atoms with E-state index in [0.29, 0.717) is 12.4 Å². The van der Waals surface area contributed by atoms with Crippen molar-refractivity contribution >= 4 is 17.4 Å². The lowest BCUT2D eigenvalue weighted by Crippen LogP contribution is -2.34. The summed E-state index contributed by atoms with van der Waals surface area (Å²) in [4.78, 5) is 26.2. The molecule has 0 aromatic carbocycles. The molecule has 2 rings (SSSR count). The van der Waals surface area contributed by atoms with Crippen molar-refractivity contribution in [1.29, 1.82) is 0 Å². The summed E-state index contributed by atoms with van der Waals surface area (Å²) >= 11 is 0. The zero-order valence-corrected chi connectivity index (χ0v) is 10.2. The molecular weight excluding hydrogens is 250 g/mol. The Labute approximate surface area is 108 Å². The van der Waals surface area contributed by atoms with Crippen LogP contribution >= 0.6 is 0 Å². The molecule has 0 fully saturated rings. The minimum absolute atomic E-state index is 0.0995. The second-order valence-corrected chi connectivity index (χ2v) is 3.71. The minimum Gasteiger partial charge on any atom is -0.305 e. The number of aromatic amines is 1. The molecular formula is C11H12N5O3+. The number of rotatable bonds is 4. The summed E-state index contributed by atoms with van der Waals surface area (Å²) in [6.45, 7) is 2.30. The van der Waals surface area contributed by atoms with E-state index in [4.69, 9.17) is 0 Å². The Kier molecular flexibility index (Phi) is 3.51. The predicted molar refractivity (Wildman–Crippen MR) is 65.5 cm³/mol. The van der Waals surface area contributed by atoms with Crippen molar-refractivity contribution in [2.24, 2.45) is 0 Å². The van der Waals surface area contributed by atoms with Gasteiger partial charge in [-0.3, -0.25) is 14.9 Å². The van der Waals surface area contributed by atoms with E-state index in [0.717, 1.165) is 0 Å². The molecule has 2 N–H and O–H groups in total. The third-order valence-electron chi connectivity index (χ3n) is 2.46. The molecule has 0 radical (unpaired) electrons.